The van der Waals surface area contributed by atoms with Crippen molar-refractivity contribution in [3.8, 4) is 5.75 Å². The first kappa shape index (κ1) is 23.2. The zero-order valence-corrected chi connectivity index (χ0v) is 17.3. The number of rotatable bonds is 8. The molecular formula is C21H25F2N3O4. The molecule has 0 radical (unpaired) electrons. The van der Waals surface area contributed by atoms with E-state index in [0.29, 0.717) is 17.0 Å². The second kappa shape index (κ2) is 9.62. The monoisotopic (exact) mass is 421 g/mol. The van der Waals surface area contributed by atoms with E-state index in [1.54, 1.807) is 32.0 Å². The van der Waals surface area contributed by atoms with Crippen LogP contribution in [0.5, 0.6) is 5.75 Å². The van der Waals surface area contributed by atoms with Gasteiger partial charge >= 0.3 is 0 Å². The third-order valence-corrected chi connectivity index (χ3v) is 3.95. The Bertz CT molecular complexity index is 927. The van der Waals surface area contributed by atoms with Crippen LogP contribution in [0, 0.1) is 13.8 Å². The van der Waals surface area contributed by atoms with Crippen molar-refractivity contribution in [1.29, 1.82) is 0 Å². The van der Waals surface area contributed by atoms with Gasteiger partial charge in [-0.15, -0.1) is 0 Å². The number of hydrogen-bond acceptors (Lipinski definition) is 5. The fourth-order valence-electron chi connectivity index (χ4n) is 2.59. The highest BCUT2D eigenvalue weighted by Gasteiger charge is 2.24. The van der Waals surface area contributed by atoms with Crippen LogP contribution in [-0.4, -0.2) is 40.5 Å². The Morgan fingerprint density at radius 3 is 2.50 bits per heavy atom. The Hall–Kier alpha value is -3.07. The van der Waals surface area contributed by atoms with Crippen molar-refractivity contribution < 1.29 is 28.2 Å². The van der Waals surface area contributed by atoms with Crippen molar-refractivity contribution in [2.45, 2.75) is 46.3 Å². The molecule has 0 atom stereocenters. The number of alkyl halides is 2. The molecule has 2 rings (SSSR count). The van der Waals surface area contributed by atoms with Gasteiger partial charge in [0, 0.05) is 17.8 Å². The number of anilines is 1. The van der Waals surface area contributed by atoms with Gasteiger partial charge in [-0.2, -0.15) is 0 Å². The Morgan fingerprint density at radius 2 is 1.87 bits per heavy atom. The number of halogens is 2. The molecule has 0 saturated heterocycles. The number of hydrogen-bond donors (Lipinski definition) is 3. The van der Waals surface area contributed by atoms with E-state index in [9.17, 15) is 23.5 Å². The first-order chi connectivity index (χ1) is 13.9. The van der Waals surface area contributed by atoms with Crippen molar-refractivity contribution in [1.82, 2.24) is 10.3 Å². The normalized spacial score (nSPS) is 11.3. The van der Waals surface area contributed by atoms with Gasteiger partial charge in [0.2, 0.25) is 0 Å². The number of benzene rings is 1. The van der Waals surface area contributed by atoms with Gasteiger partial charge in [0.15, 0.2) is 0 Å². The SMILES string of the molecule is Cc1cc(CNC(=O)c2cc(C)nc(NC(=O)C(C)(C)O)c2)cc(OCC(F)F)c1. The highest BCUT2D eigenvalue weighted by molar-refractivity contribution is 5.98. The average Bonchev–Trinajstić information content (AvgIpc) is 2.62. The van der Waals surface area contributed by atoms with Crippen LogP contribution in [0.15, 0.2) is 30.3 Å². The lowest BCUT2D eigenvalue weighted by atomic mass is 10.1. The predicted molar refractivity (Wildman–Crippen MR) is 108 cm³/mol. The van der Waals surface area contributed by atoms with E-state index in [-0.39, 0.29) is 17.9 Å². The summed E-state index contributed by atoms with van der Waals surface area (Å²) < 4.78 is 29.7. The molecule has 1 aromatic heterocycles. The number of carbonyl (C=O) groups is 2. The fourth-order valence-corrected chi connectivity index (χ4v) is 2.59. The van der Waals surface area contributed by atoms with Crippen molar-refractivity contribution >= 4 is 17.6 Å². The summed E-state index contributed by atoms with van der Waals surface area (Å²) in [4.78, 5) is 28.6. The maximum atomic E-state index is 12.6. The highest BCUT2D eigenvalue weighted by Crippen LogP contribution is 2.18. The van der Waals surface area contributed by atoms with Gasteiger partial charge in [0.1, 0.15) is 23.8 Å². The van der Waals surface area contributed by atoms with E-state index in [1.165, 1.54) is 19.9 Å². The Morgan fingerprint density at radius 1 is 1.17 bits per heavy atom. The van der Waals surface area contributed by atoms with Gasteiger partial charge in [-0.3, -0.25) is 9.59 Å². The lowest BCUT2D eigenvalue weighted by Gasteiger charge is -2.17. The van der Waals surface area contributed by atoms with Gasteiger partial charge in [-0.05, 0) is 63.1 Å². The van der Waals surface area contributed by atoms with Gasteiger partial charge in [0.25, 0.3) is 18.2 Å². The quantitative estimate of drug-likeness (QED) is 0.608. The molecule has 0 fully saturated rings. The van der Waals surface area contributed by atoms with Crippen LogP contribution in [0.25, 0.3) is 0 Å². The summed E-state index contributed by atoms with van der Waals surface area (Å²) in [6.45, 7) is 5.59. The van der Waals surface area contributed by atoms with E-state index in [2.05, 4.69) is 15.6 Å². The van der Waals surface area contributed by atoms with Crippen molar-refractivity contribution in [3.05, 3.63) is 52.7 Å². The van der Waals surface area contributed by atoms with Gasteiger partial charge < -0.3 is 20.5 Å². The molecule has 1 aromatic carbocycles. The number of aryl methyl sites for hydroxylation is 2. The molecule has 30 heavy (non-hydrogen) atoms. The number of carbonyl (C=O) groups excluding carboxylic acids is 2. The van der Waals surface area contributed by atoms with Crippen molar-refractivity contribution in [3.63, 3.8) is 0 Å². The summed E-state index contributed by atoms with van der Waals surface area (Å²) in [5, 5.41) is 15.0. The first-order valence-corrected chi connectivity index (χ1v) is 9.26. The predicted octanol–water partition coefficient (Wildman–Crippen LogP) is 2.98. The maximum Gasteiger partial charge on any atom is 0.272 e. The summed E-state index contributed by atoms with van der Waals surface area (Å²) in [7, 11) is 0. The Kier molecular flexibility index (Phi) is 7.44. The standard InChI is InChI=1S/C21H25F2N3O4/c1-12-5-14(8-16(6-12)30-11-17(22)23)10-24-19(27)15-7-13(2)25-18(9-15)26-20(28)21(3,4)29/h5-9,17,29H,10-11H2,1-4H3,(H,24,27)(H,25,26,28). The minimum absolute atomic E-state index is 0.144. The largest absolute Gasteiger partial charge is 0.488 e. The maximum absolute atomic E-state index is 12.6. The number of pyridine rings is 1. The Labute approximate surface area is 173 Å². The smallest absolute Gasteiger partial charge is 0.272 e. The molecular weight excluding hydrogens is 396 g/mol. The lowest BCUT2D eigenvalue weighted by molar-refractivity contribution is -0.130. The van der Waals surface area contributed by atoms with Crippen LogP contribution in [0.1, 0.15) is 41.0 Å². The minimum atomic E-state index is -2.57. The molecule has 7 nitrogen and oxygen atoms in total. The fraction of sp³-hybridized carbons (Fsp3) is 0.381. The van der Waals surface area contributed by atoms with E-state index < -0.39 is 30.4 Å². The number of aromatic nitrogens is 1. The number of nitrogens with zero attached hydrogens (tertiary/aromatic N) is 1. The van der Waals surface area contributed by atoms with Crippen LogP contribution in [-0.2, 0) is 11.3 Å². The third-order valence-electron chi connectivity index (χ3n) is 3.95. The molecule has 3 N–H and O–H groups in total. The molecule has 0 aliphatic rings. The summed E-state index contributed by atoms with van der Waals surface area (Å²) in [5.41, 5.74) is 0.682. The van der Waals surface area contributed by atoms with Crippen LogP contribution in [0.4, 0.5) is 14.6 Å². The third kappa shape index (κ3) is 7.07. The number of amides is 2. The summed E-state index contributed by atoms with van der Waals surface area (Å²) in [5.74, 6) is -0.611. The molecule has 0 aliphatic carbocycles. The number of aliphatic hydroxyl groups is 1. The first-order valence-electron chi connectivity index (χ1n) is 9.26. The summed E-state index contributed by atoms with van der Waals surface area (Å²) >= 11 is 0. The molecule has 162 valence electrons. The van der Waals surface area contributed by atoms with E-state index in [1.807, 2.05) is 6.07 Å². The van der Waals surface area contributed by atoms with Crippen molar-refractivity contribution in [2.75, 3.05) is 11.9 Å². The number of nitrogens with one attached hydrogen (secondary N) is 2. The van der Waals surface area contributed by atoms with E-state index in [4.69, 9.17) is 4.74 Å². The second-order valence-electron chi connectivity index (χ2n) is 7.43. The van der Waals surface area contributed by atoms with E-state index >= 15 is 0 Å². The van der Waals surface area contributed by atoms with Crippen LogP contribution in [0.3, 0.4) is 0 Å². The molecule has 0 unspecified atom stereocenters. The van der Waals surface area contributed by atoms with Crippen LogP contribution >= 0.6 is 0 Å². The van der Waals surface area contributed by atoms with Crippen LogP contribution in [0.2, 0.25) is 0 Å². The topological polar surface area (TPSA) is 101 Å². The Balaban J connectivity index is 2.09. The molecule has 0 aliphatic heterocycles. The van der Waals surface area contributed by atoms with Crippen LogP contribution < -0.4 is 15.4 Å². The molecule has 0 saturated carbocycles. The molecule has 0 bridgehead atoms. The second-order valence-corrected chi connectivity index (χ2v) is 7.43. The van der Waals surface area contributed by atoms with E-state index in [0.717, 1.165) is 5.56 Å². The lowest BCUT2D eigenvalue weighted by Crippen LogP contribution is -2.37. The molecule has 9 heteroatoms. The number of ether oxygens (including phenoxy) is 1. The minimum Gasteiger partial charge on any atom is -0.488 e. The average molecular weight is 421 g/mol. The summed E-state index contributed by atoms with van der Waals surface area (Å²) in [6.07, 6.45) is -2.57. The molecule has 0 spiro atoms. The van der Waals surface area contributed by atoms with Gasteiger partial charge in [0.05, 0.1) is 0 Å². The molecule has 2 aromatic rings. The van der Waals surface area contributed by atoms with Gasteiger partial charge in [-0.25, -0.2) is 13.8 Å². The zero-order valence-electron chi connectivity index (χ0n) is 17.3. The zero-order chi connectivity index (χ0) is 22.5. The summed E-state index contributed by atoms with van der Waals surface area (Å²) in [6, 6.07) is 7.99. The van der Waals surface area contributed by atoms with Crippen molar-refractivity contribution in [2.24, 2.45) is 0 Å². The highest BCUT2D eigenvalue weighted by atomic mass is 19.3. The van der Waals surface area contributed by atoms with Gasteiger partial charge in [-0.1, -0.05) is 6.07 Å². The molecule has 1 heterocycles. The molecule has 2 amide bonds.